The quantitative estimate of drug-likeness (QED) is 0.618. The summed E-state index contributed by atoms with van der Waals surface area (Å²) in [5.74, 6) is -0.246. The highest BCUT2D eigenvalue weighted by molar-refractivity contribution is 5.57. The average Bonchev–Trinajstić information content (AvgIpc) is 2.38. The Labute approximate surface area is 104 Å². The van der Waals surface area contributed by atoms with Gasteiger partial charge in [0, 0.05) is 18.5 Å². The standard InChI is InChI=1S/C10H5F3N4O2/c11-10(12,13)7-4-6(17(18)19)5-16-8(7)9-14-2-1-3-15-9/h1-5H. The molecule has 0 spiro atoms. The van der Waals surface area contributed by atoms with Gasteiger partial charge in [0.25, 0.3) is 5.69 Å². The van der Waals surface area contributed by atoms with Crippen LogP contribution in [0.3, 0.4) is 0 Å². The molecule has 0 aliphatic carbocycles. The Hall–Kier alpha value is -2.58. The van der Waals surface area contributed by atoms with Crippen LogP contribution in [-0.4, -0.2) is 19.9 Å². The molecule has 0 aromatic carbocycles. The largest absolute Gasteiger partial charge is 0.418 e. The second-order valence-electron chi connectivity index (χ2n) is 3.42. The zero-order valence-electron chi connectivity index (χ0n) is 9.13. The Morgan fingerprint density at radius 2 is 1.79 bits per heavy atom. The highest BCUT2D eigenvalue weighted by Gasteiger charge is 2.37. The van der Waals surface area contributed by atoms with Crippen molar-refractivity contribution in [2.45, 2.75) is 6.18 Å². The predicted octanol–water partition coefficient (Wildman–Crippen LogP) is 2.47. The molecule has 98 valence electrons. The molecule has 0 saturated heterocycles. The van der Waals surface area contributed by atoms with Crippen molar-refractivity contribution in [3.63, 3.8) is 0 Å². The molecule has 0 bridgehead atoms. The van der Waals surface area contributed by atoms with E-state index in [2.05, 4.69) is 15.0 Å². The SMILES string of the molecule is O=[N+]([O-])c1cnc(-c2ncccn2)c(C(F)(F)F)c1. The van der Waals surface area contributed by atoms with Crippen molar-refractivity contribution < 1.29 is 18.1 Å². The molecule has 0 aliphatic heterocycles. The van der Waals surface area contributed by atoms with Gasteiger partial charge in [0.05, 0.1) is 10.5 Å². The van der Waals surface area contributed by atoms with Crippen molar-refractivity contribution in [3.8, 4) is 11.5 Å². The summed E-state index contributed by atoms with van der Waals surface area (Å²) in [6.07, 6.45) is -1.54. The van der Waals surface area contributed by atoms with Crippen molar-refractivity contribution in [1.82, 2.24) is 15.0 Å². The molecule has 0 N–H and O–H groups in total. The molecule has 9 heteroatoms. The fourth-order valence-electron chi connectivity index (χ4n) is 1.37. The molecule has 0 amide bonds. The van der Waals surface area contributed by atoms with Crippen LogP contribution in [0.4, 0.5) is 18.9 Å². The first-order chi connectivity index (χ1) is 8.89. The summed E-state index contributed by atoms with van der Waals surface area (Å²) >= 11 is 0. The molecule has 2 rings (SSSR count). The van der Waals surface area contributed by atoms with Gasteiger partial charge in [-0.15, -0.1) is 0 Å². The molecule has 2 aromatic rings. The van der Waals surface area contributed by atoms with Crippen LogP contribution in [0.1, 0.15) is 5.56 Å². The van der Waals surface area contributed by atoms with Gasteiger partial charge in [0.2, 0.25) is 0 Å². The highest BCUT2D eigenvalue weighted by Crippen LogP contribution is 2.36. The summed E-state index contributed by atoms with van der Waals surface area (Å²) in [7, 11) is 0. The summed E-state index contributed by atoms with van der Waals surface area (Å²) in [6, 6.07) is 1.85. The normalized spacial score (nSPS) is 11.3. The third-order valence-electron chi connectivity index (χ3n) is 2.17. The van der Waals surface area contributed by atoms with Gasteiger partial charge in [-0.05, 0) is 6.07 Å². The minimum absolute atomic E-state index is 0.246. The number of hydrogen-bond acceptors (Lipinski definition) is 5. The van der Waals surface area contributed by atoms with E-state index in [1.165, 1.54) is 18.5 Å². The van der Waals surface area contributed by atoms with Crippen LogP contribution in [0.25, 0.3) is 11.5 Å². The average molecular weight is 270 g/mol. The Morgan fingerprint density at radius 1 is 1.16 bits per heavy atom. The van der Waals surface area contributed by atoms with E-state index in [0.29, 0.717) is 6.07 Å². The maximum atomic E-state index is 12.9. The molecular weight excluding hydrogens is 265 g/mol. The monoisotopic (exact) mass is 270 g/mol. The number of rotatable bonds is 2. The van der Waals surface area contributed by atoms with Crippen LogP contribution in [-0.2, 0) is 6.18 Å². The van der Waals surface area contributed by atoms with Gasteiger partial charge >= 0.3 is 6.18 Å². The summed E-state index contributed by atoms with van der Waals surface area (Å²) in [6.45, 7) is 0. The van der Waals surface area contributed by atoms with E-state index in [9.17, 15) is 23.3 Å². The van der Waals surface area contributed by atoms with E-state index < -0.39 is 28.0 Å². The minimum Gasteiger partial charge on any atom is -0.258 e. The van der Waals surface area contributed by atoms with Gasteiger partial charge in [0.1, 0.15) is 11.9 Å². The number of nitrogens with zero attached hydrogens (tertiary/aromatic N) is 4. The number of aromatic nitrogens is 3. The molecule has 19 heavy (non-hydrogen) atoms. The second kappa shape index (κ2) is 4.59. The molecule has 0 radical (unpaired) electrons. The third kappa shape index (κ3) is 2.64. The molecule has 0 aliphatic rings. The van der Waals surface area contributed by atoms with Gasteiger partial charge in [-0.1, -0.05) is 0 Å². The highest BCUT2D eigenvalue weighted by atomic mass is 19.4. The lowest BCUT2D eigenvalue weighted by atomic mass is 10.1. The predicted molar refractivity (Wildman–Crippen MR) is 56.9 cm³/mol. The van der Waals surface area contributed by atoms with Gasteiger partial charge in [-0.25, -0.2) is 15.0 Å². The number of pyridine rings is 1. The maximum Gasteiger partial charge on any atom is 0.418 e. The number of alkyl halides is 3. The fraction of sp³-hybridized carbons (Fsp3) is 0.100. The Balaban J connectivity index is 2.65. The van der Waals surface area contributed by atoms with Gasteiger partial charge in [-0.3, -0.25) is 10.1 Å². The lowest BCUT2D eigenvalue weighted by Crippen LogP contribution is -2.10. The first-order valence-electron chi connectivity index (χ1n) is 4.88. The van der Waals surface area contributed by atoms with Crippen molar-refractivity contribution in [2.24, 2.45) is 0 Å². The van der Waals surface area contributed by atoms with Crippen molar-refractivity contribution in [1.29, 1.82) is 0 Å². The summed E-state index contributed by atoms with van der Waals surface area (Å²) in [5, 5.41) is 10.5. The van der Waals surface area contributed by atoms with Gasteiger partial charge in [-0.2, -0.15) is 13.2 Å². The van der Waals surface area contributed by atoms with Crippen LogP contribution >= 0.6 is 0 Å². The lowest BCUT2D eigenvalue weighted by Gasteiger charge is -2.10. The van der Waals surface area contributed by atoms with Crippen LogP contribution in [0.15, 0.2) is 30.7 Å². The summed E-state index contributed by atoms with van der Waals surface area (Å²) in [5.41, 5.74) is -2.53. The van der Waals surface area contributed by atoms with Crippen molar-refractivity contribution >= 4 is 5.69 Å². The topological polar surface area (TPSA) is 81.8 Å². The van der Waals surface area contributed by atoms with Gasteiger partial charge < -0.3 is 0 Å². The molecule has 0 atom stereocenters. The molecule has 0 saturated carbocycles. The number of nitro groups is 1. The second-order valence-corrected chi connectivity index (χ2v) is 3.42. The zero-order chi connectivity index (χ0) is 14.0. The zero-order valence-corrected chi connectivity index (χ0v) is 9.13. The Morgan fingerprint density at radius 3 is 2.32 bits per heavy atom. The van der Waals surface area contributed by atoms with Crippen molar-refractivity contribution in [2.75, 3.05) is 0 Å². The molecule has 0 fully saturated rings. The van der Waals surface area contributed by atoms with Crippen molar-refractivity contribution in [3.05, 3.63) is 46.4 Å². The molecular formula is C10H5F3N4O2. The molecule has 6 nitrogen and oxygen atoms in total. The summed E-state index contributed by atoms with van der Waals surface area (Å²) < 4.78 is 38.6. The van der Waals surface area contributed by atoms with Crippen LogP contribution in [0.2, 0.25) is 0 Å². The lowest BCUT2D eigenvalue weighted by molar-refractivity contribution is -0.385. The first-order valence-corrected chi connectivity index (χ1v) is 4.88. The maximum absolute atomic E-state index is 12.9. The van der Waals surface area contributed by atoms with Crippen LogP contribution in [0.5, 0.6) is 0 Å². The van der Waals surface area contributed by atoms with E-state index in [1.54, 1.807) is 0 Å². The number of halogens is 3. The summed E-state index contributed by atoms with van der Waals surface area (Å²) in [4.78, 5) is 20.3. The minimum atomic E-state index is -4.78. The van der Waals surface area contributed by atoms with E-state index in [0.717, 1.165) is 6.20 Å². The Kier molecular flexibility index (Phi) is 3.11. The van der Waals surface area contributed by atoms with E-state index in [1.807, 2.05) is 0 Å². The third-order valence-corrected chi connectivity index (χ3v) is 2.17. The van der Waals surface area contributed by atoms with E-state index in [-0.39, 0.29) is 5.82 Å². The fourth-order valence-corrected chi connectivity index (χ4v) is 1.37. The van der Waals surface area contributed by atoms with Crippen LogP contribution in [0, 0.1) is 10.1 Å². The molecule has 2 heterocycles. The molecule has 2 aromatic heterocycles. The van der Waals surface area contributed by atoms with E-state index in [4.69, 9.17) is 0 Å². The number of hydrogen-bond donors (Lipinski definition) is 0. The van der Waals surface area contributed by atoms with Crippen LogP contribution < -0.4 is 0 Å². The smallest absolute Gasteiger partial charge is 0.258 e. The molecule has 0 unspecified atom stereocenters. The first kappa shape index (κ1) is 12.9. The Bertz CT molecular complexity index is 616. The van der Waals surface area contributed by atoms with E-state index >= 15 is 0 Å². The van der Waals surface area contributed by atoms with Gasteiger partial charge in [0.15, 0.2) is 5.82 Å².